The molecule has 2 aromatic carbocycles. The van der Waals surface area contributed by atoms with Gasteiger partial charge in [0.05, 0.1) is 10.3 Å². The van der Waals surface area contributed by atoms with Crippen molar-refractivity contribution in [3.05, 3.63) is 42.5 Å². The minimum Gasteiger partial charge on any atom is -0.444 e. The summed E-state index contributed by atoms with van der Waals surface area (Å²) in [6.45, 7) is 10.5. The lowest BCUT2D eigenvalue weighted by Crippen LogP contribution is -2.59. The summed E-state index contributed by atoms with van der Waals surface area (Å²) in [6.07, 6.45) is -0.437. The maximum atomic E-state index is 13.6. The average molecular weight is 705 g/mol. The van der Waals surface area contributed by atoms with Crippen molar-refractivity contribution in [2.24, 2.45) is 4.99 Å². The quantitative estimate of drug-likeness (QED) is 0.182. The van der Waals surface area contributed by atoms with E-state index in [1.54, 1.807) is 59.7 Å². The second-order valence-electron chi connectivity index (χ2n) is 13.4. The summed E-state index contributed by atoms with van der Waals surface area (Å²) in [6, 6.07) is 10.4. The van der Waals surface area contributed by atoms with E-state index in [0.717, 1.165) is 5.39 Å². The highest BCUT2D eigenvalue weighted by Gasteiger charge is 2.47. The van der Waals surface area contributed by atoms with Crippen molar-refractivity contribution in [1.29, 1.82) is 0 Å². The number of amides is 4. The molecule has 0 saturated carbocycles. The maximum absolute atomic E-state index is 13.6. The van der Waals surface area contributed by atoms with E-state index >= 15 is 0 Å². The molecule has 2 heterocycles. The fourth-order valence-corrected chi connectivity index (χ4v) is 8.08. The van der Waals surface area contributed by atoms with Crippen LogP contribution in [-0.4, -0.2) is 90.8 Å². The standard InChI is InChI=1S/C32H44N6O8S2/c1-31(2,3)45-29(41)35-28(36-30(42)46-32(4,5)6)34-18-10-17-33-26(39)23-19-47-25-16-15-22(27(40)38(23)25)37-48(43,44)24-14-9-12-20-11-7-8-13-21(20)24/h7-9,11-14,22-23,25,37H,10,15-19H2,1-6H3,(H,33,39)(H2,34,35,36,41,42)/t22-,23-,25-/m0/s1. The predicted molar refractivity (Wildman–Crippen MR) is 183 cm³/mol. The van der Waals surface area contributed by atoms with Gasteiger partial charge in [0.15, 0.2) is 0 Å². The second kappa shape index (κ2) is 15.1. The topological polar surface area (TPSA) is 185 Å². The van der Waals surface area contributed by atoms with Gasteiger partial charge in [-0.05, 0) is 72.3 Å². The molecule has 2 saturated heterocycles. The molecule has 48 heavy (non-hydrogen) atoms. The molecule has 0 aliphatic carbocycles. The van der Waals surface area contributed by atoms with Crippen LogP contribution in [0, 0.1) is 0 Å². The molecule has 0 unspecified atom stereocenters. The number of carbonyl (C=O) groups is 4. The van der Waals surface area contributed by atoms with Gasteiger partial charge in [0, 0.05) is 24.2 Å². The van der Waals surface area contributed by atoms with Gasteiger partial charge in [-0.15, -0.1) is 11.8 Å². The molecule has 2 aromatic rings. The highest BCUT2D eigenvalue weighted by molar-refractivity contribution is 8.00. The number of thioether (sulfide) groups is 1. The molecule has 0 radical (unpaired) electrons. The Morgan fingerprint density at radius 3 is 2.21 bits per heavy atom. The first-order valence-electron chi connectivity index (χ1n) is 15.7. The fourth-order valence-electron chi connectivity index (χ4n) is 5.20. The minimum absolute atomic E-state index is 0.0917. The Hall–Kier alpha value is -3.89. The van der Waals surface area contributed by atoms with E-state index in [1.165, 1.54) is 22.7 Å². The van der Waals surface area contributed by atoms with Gasteiger partial charge in [-0.3, -0.25) is 25.2 Å². The first kappa shape index (κ1) is 36.9. The fraction of sp³-hybridized carbons (Fsp3) is 0.531. The van der Waals surface area contributed by atoms with Gasteiger partial charge in [-0.1, -0.05) is 36.4 Å². The Morgan fingerprint density at radius 2 is 1.56 bits per heavy atom. The highest BCUT2D eigenvalue weighted by atomic mass is 32.2. The van der Waals surface area contributed by atoms with Crippen molar-refractivity contribution >= 4 is 62.5 Å². The number of ether oxygens (including phenoxy) is 2. The third kappa shape index (κ3) is 10.1. The van der Waals surface area contributed by atoms with E-state index in [2.05, 4.69) is 25.7 Å². The van der Waals surface area contributed by atoms with E-state index in [9.17, 15) is 27.6 Å². The maximum Gasteiger partial charge on any atom is 0.414 e. The highest BCUT2D eigenvalue weighted by Crippen LogP contribution is 2.37. The zero-order chi connectivity index (χ0) is 35.3. The minimum atomic E-state index is -4.03. The molecule has 2 fully saturated rings. The van der Waals surface area contributed by atoms with Crippen molar-refractivity contribution in [3.63, 3.8) is 0 Å². The van der Waals surface area contributed by atoms with Crippen molar-refractivity contribution in [2.45, 2.75) is 94.4 Å². The molecule has 0 spiro atoms. The summed E-state index contributed by atoms with van der Waals surface area (Å²) in [5.74, 6) is -0.585. The lowest BCUT2D eigenvalue weighted by atomic mass is 10.0. The SMILES string of the molecule is CC(C)(C)OC(=O)NC(=NCCCNC(=O)[C@@H]1CS[C@H]2CC[C@H](NS(=O)(=O)c3cccc4ccccc34)C(=O)N21)NC(=O)OC(C)(C)C. The van der Waals surface area contributed by atoms with Crippen LogP contribution in [-0.2, 0) is 29.1 Å². The molecule has 0 bridgehead atoms. The van der Waals surface area contributed by atoms with Crippen LogP contribution >= 0.6 is 11.8 Å². The van der Waals surface area contributed by atoms with Crippen LogP contribution in [0.15, 0.2) is 52.4 Å². The molecule has 16 heteroatoms. The van der Waals surface area contributed by atoms with Gasteiger partial charge >= 0.3 is 12.2 Å². The largest absolute Gasteiger partial charge is 0.444 e. The monoisotopic (exact) mass is 704 g/mol. The molecule has 2 aliphatic heterocycles. The molecule has 14 nitrogen and oxygen atoms in total. The molecule has 4 rings (SSSR count). The van der Waals surface area contributed by atoms with E-state index in [0.29, 0.717) is 30.4 Å². The Bertz CT molecular complexity index is 1630. The molecular formula is C32H44N6O8S2. The molecule has 2 aliphatic rings. The Morgan fingerprint density at radius 1 is 0.938 bits per heavy atom. The van der Waals surface area contributed by atoms with E-state index in [-0.39, 0.29) is 35.2 Å². The van der Waals surface area contributed by atoms with Gasteiger partial charge < -0.3 is 19.7 Å². The number of sulfonamides is 1. The predicted octanol–water partition coefficient (Wildman–Crippen LogP) is 3.46. The number of rotatable bonds is 8. The van der Waals surface area contributed by atoms with Gasteiger partial charge in [0.2, 0.25) is 27.8 Å². The van der Waals surface area contributed by atoms with E-state index in [1.807, 2.05) is 18.2 Å². The number of piperidine rings is 1. The molecule has 3 atom stereocenters. The van der Waals surface area contributed by atoms with Gasteiger partial charge in [0.1, 0.15) is 23.3 Å². The zero-order valence-corrected chi connectivity index (χ0v) is 29.6. The Kier molecular flexibility index (Phi) is 11.6. The van der Waals surface area contributed by atoms with Crippen LogP contribution in [0.5, 0.6) is 0 Å². The average Bonchev–Trinajstić information content (AvgIpc) is 3.41. The summed E-state index contributed by atoms with van der Waals surface area (Å²) >= 11 is 1.49. The lowest BCUT2D eigenvalue weighted by molar-refractivity contribution is -0.143. The van der Waals surface area contributed by atoms with Crippen LogP contribution in [0.1, 0.15) is 60.8 Å². The van der Waals surface area contributed by atoms with E-state index < -0.39 is 51.4 Å². The number of carbonyl (C=O) groups excluding carboxylic acids is 4. The van der Waals surface area contributed by atoms with Crippen LogP contribution in [0.25, 0.3) is 10.8 Å². The summed E-state index contributed by atoms with van der Waals surface area (Å²) in [7, 11) is -4.03. The summed E-state index contributed by atoms with van der Waals surface area (Å²) in [5, 5.41) is 8.73. The number of hydrogen-bond acceptors (Lipinski definition) is 10. The van der Waals surface area contributed by atoms with Gasteiger partial charge in [-0.2, -0.15) is 4.72 Å². The molecule has 4 amide bonds. The number of aliphatic imine (C=N–C) groups is 1. The number of guanidine groups is 1. The van der Waals surface area contributed by atoms with Crippen LogP contribution in [0.3, 0.4) is 0 Å². The Labute approximate surface area is 285 Å². The number of nitrogens with zero attached hydrogens (tertiary/aromatic N) is 2. The number of hydrogen-bond donors (Lipinski definition) is 4. The van der Waals surface area contributed by atoms with Crippen molar-refractivity contribution in [2.75, 3.05) is 18.8 Å². The summed E-state index contributed by atoms with van der Waals surface area (Å²) in [4.78, 5) is 57.2. The summed E-state index contributed by atoms with van der Waals surface area (Å²) in [5.41, 5.74) is -1.56. The molecule has 4 N–H and O–H groups in total. The van der Waals surface area contributed by atoms with Gasteiger partial charge in [-0.25, -0.2) is 18.0 Å². The first-order chi connectivity index (χ1) is 22.4. The normalized spacial score (nSPS) is 19.7. The second-order valence-corrected chi connectivity index (χ2v) is 16.3. The van der Waals surface area contributed by atoms with Gasteiger partial charge in [0.25, 0.3) is 0 Å². The van der Waals surface area contributed by atoms with Crippen molar-refractivity contribution in [1.82, 2.24) is 25.6 Å². The third-order valence-corrected chi connectivity index (χ3v) is 10.0. The Balaban J connectivity index is 1.34. The number of nitrogens with one attached hydrogen (secondary N) is 4. The summed E-state index contributed by atoms with van der Waals surface area (Å²) < 4.78 is 39.9. The number of benzene rings is 2. The van der Waals surface area contributed by atoms with Crippen LogP contribution in [0.2, 0.25) is 0 Å². The lowest BCUT2D eigenvalue weighted by Gasteiger charge is -2.36. The third-order valence-electron chi connectivity index (χ3n) is 7.13. The molecular weight excluding hydrogens is 661 g/mol. The smallest absolute Gasteiger partial charge is 0.414 e. The van der Waals surface area contributed by atoms with Crippen molar-refractivity contribution in [3.8, 4) is 0 Å². The zero-order valence-electron chi connectivity index (χ0n) is 28.0. The van der Waals surface area contributed by atoms with Crippen LogP contribution < -0.4 is 20.7 Å². The molecule has 262 valence electrons. The number of alkyl carbamates (subject to hydrolysis) is 2. The number of fused-ring (bicyclic) bond motifs is 2. The van der Waals surface area contributed by atoms with E-state index in [4.69, 9.17) is 9.47 Å². The van der Waals surface area contributed by atoms with Crippen LogP contribution in [0.4, 0.5) is 9.59 Å². The first-order valence-corrected chi connectivity index (χ1v) is 18.2. The van der Waals surface area contributed by atoms with Crippen molar-refractivity contribution < 1.29 is 37.1 Å². The molecule has 0 aromatic heterocycles.